The summed E-state index contributed by atoms with van der Waals surface area (Å²) < 4.78 is 5.27. The molecule has 0 bridgehead atoms. The highest BCUT2D eigenvalue weighted by atomic mass is 35.5. The maximum Gasteiger partial charge on any atom is 0.412 e. The Kier molecular flexibility index (Phi) is 7.13. The molecule has 1 radical (unpaired) electrons. The van der Waals surface area contributed by atoms with Crippen LogP contribution < -0.4 is 10.1 Å². The van der Waals surface area contributed by atoms with Gasteiger partial charge in [0.2, 0.25) is 0 Å². The largest absolute Gasteiger partial charge is 0.412 e. The van der Waals surface area contributed by atoms with E-state index in [0.717, 1.165) is 35.4 Å². The first-order valence-electron chi connectivity index (χ1n) is 8.32. The van der Waals surface area contributed by atoms with Gasteiger partial charge in [-0.25, -0.2) is 4.79 Å². The molecule has 0 aliphatic carbocycles. The highest BCUT2D eigenvalue weighted by Crippen LogP contribution is 2.29. The lowest BCUT2D eigenvalue weighted by molar-refractivity contribution is 0.200. The van der Waals surface area contributed by atoms with Crippen molar-refractivity contribution in [1.82, 2.24) is 5.32 Å². The van der Waals surface area contributed by atoms with Gasteiger partial charge in [0.05, 0.1) is 0 Å². The third-order valence-electron chi connectivity index (χ3n) is 3.74. The van der Waals surface area contributed by atoms with E-state index in [1.807, 2.05) is 42.5 Å². The van der Waals surface area contributed by atoms with E-state index < -0.39 is 6.09 Å². The number of hydrogen-bond donors (Lipinski definition) is 1. The third-order valence-corrected chi connectivity index (χ3v) is 3.97. The van der Waals surface area contributed by atoms with Crippen LogP contribution in [0.4, 0.5) is 4.79 Å². The summed E-state index contributed by atoms with van der Waals surface area (Å²) in [6, 6.07) is 15.4. The Bertz CT molecular complexity index is 655. The first kappa shape index (κ1) is 18.3. The van der Waals surface area contributed by atoms with Crippen LogP contribution in [0.15, 0.2) is 48.5 Å². The molecule has 1 N–H and O–H groups in total. The minimum atomic E-state index is -0.411. The summed E-state index contributed by atoms with van der Waals surface area (Å²) in [6.07, 6.45) is 2.46. The molecule has 3 nitrogen and oxygen atoms in total. The predicted molar refractivity (Wildman–Crippen MR) is 98.6 cm³/mol. The van der Waals surface area contributed by atoms with Crippen LogP contribution in [0.3, 0.4) is 0 Å². The van der Waals surface area contributed by atoms with Gasteiger partial charge in [-0.2, -0.15) is 0 Å². The van der Waals surface area contributed by atoms with Crippen LogP contribution >= 0.6 is 11.6 Å². The molecule has 0 fully saturated rings. The van der Waals surface area contributed by atoms with E-state index in [-0.39, 0.29) is 0 Å². The molecule has 0 spiro atoms. The van der Waals surface area contributed by atoms with Crippen molar-refractivity contribution in [2.24, 2.45) is 0 Å². The first-order chi connectivity index (χ1) is 11.6. The van der Waals surface area contributed by atoms with Gasteiger partial charge in [-0.3, -0.25) is 0 Å². The molecule has 0 aromatic heterocycles. The average Bonchev–Trinajstić information content (AvgIpc) is 2.57. The molecule has 0 atom stereocenters. The monoisotopic (exact) mass is 344 g/mol. The molecule has 0 unspecified atom stereocenters. The van der Waals surface area contributed by atoms with Gasteiger partial charge < -0.3 is 10.1 Å². The van der Waals surface area contributed by atoms with E-state index in [9.17, 15) is 4.79 Å². The Morgan fingerprint density at radius 1 is 1.08 bits per heavy atom. The summed E-state index contributed by atoms with van der Waals surface area (Å²) >= 11 is 6.09. The molecule has 0 saturated heterocycles. The second kappa shape index (κ2) is 9.33. The van der Waals surface area contributed by atoms with E-state index in [1.165, 1.54) is 5.92 Å². The smallest absolute Gasteiger partial charge is 0.410 e. The van der Waals surface area contributed by atoms with Crippen molar-refractivity contribution < 1.29 is 9.53 Å². The van der Waals surface area contributed by atoms with Gasteiger partial charge in [-0.05, 0) is 48.2 Å². The second-order valence-electron chi connectivity index (χ2n) is 5.54. The Balaban J connectivity index is 2.03. The molecule has 2 aromatic rings. The molecule has 127 valence electrons. The molecule has 4 heteroatoms. The molecule has 0 saturated carbocycles. The van der Waals surface area contributed by atoms with Crippen LogP contribution in [0.2, 0.25) is 5.02 Å². The van der Waals surface area contributed by atoms with Crippen LogP contribution in [0.1, 0.15) is 44.2 Å². The Labute approximate surface area is 149 Å². The molecule has 1 amide bonds. The van der Waals surface area contributed by atoms with Crippen molar-refractivity contribution in [3.05, 3.63) is 70.6 Å². The summed E-state index contributed by atoms with van der Waals surface area (Å²) in [5, 5.41) is 3.46. The van der Waals surface area contributed by atoms with Gasteiger partial charge in [0.1, 0.15) is 5.75 Å². The van der Waals surface area contributed by atoms with E-state index in [2.05, 4.69) is 25.2 Å². The van der Waals surface area contributed by atoms with E-state index in [4.69, 9.17) is 16.3 Å². The minimum absolute atomic E-state index is 0.411. The quantitative estimate of drug-likeness (QED) is 0.663. The van der Waals surface area contributed by atoms with Gasteiger partial charge in [-0.15, -0.1) is 0 Å². The number of hydrogen-bond acceptors (Lipinski definition) is 2. The number of halogens is 1. The number of rotatable bonds is 7. The van der Waals surface area contributed by atoms with Gasteiger partial charge in [0, 0.05) is 17.5 Å². The van der Waals surface area contributed by atoms with Crippen molar-refractivity contribution in [1.29, 1.82) is 0 Å². The zero-order valence-corrected chi connectivity index (χ0v) is 14.9. The summed E-state index contributed by atoms with van der Waals surface area (Å²) in [7, 11) is 0. The lowest BCUT2D eigenvalue weighted by Gasteiger charge is -2.16. The van der Waals surface area contributed by atoms with E-state index in [0.29, 0.717) is 12.3 Å². The minimum Gasteiger partial charge on any atom is -0.410 e. The molecular formula is C20H23ClNO2. The van der Waals surface area contributed by atoms with Crippen LogP contribution in [0.5, 0.6) is 5.75 Å². The third kappa shape index (κ3) is 5.27. The van der Waals surface area contributed by atoms with Crippen LogP contribution in [0.25, 0.3) is 0 Å². The fourth-order valence-corrected chi connectivity index (χ4v) is 2.68. The summed E-state index contributed by atoms with van der Waals surface area (Å²) in [4.78, 5) is 11.7. The maximum absolute atomic E-state index is 11.7. The van der Waals surface area contributed by atoms with Gasteiger partial charge in [0.25, 0.3) is 0 Å². The van der Waals surface area contributed by atoms with E-state index in [1.54, 1.807) is 0 Å². The van der Waals surface area contributed by atoms with Crippen LogP contribution in [-0.2, 0) is 0 Å². The topological polar surface area (TPSA) is 38.3 Å². The van der Waals surface area contributed by atoms with Crippen LogP contribution in [-0.4, -0.2) is 12.6 Å². The van der Waals surface area contributed by atoms with Crippen molar-refractivity contribution in [2.75, 3.05) is 6.54 Å². The zero-order chi connectivity index (χ0) is 17.4. The number of carbonyl (C=O) groups excluding carboxylic acids is 1. The van der Waals surface area contributed by atoms with Crippen molar-refractivity contribution in [2.45, 2.75) is 33.1 Å². The number of carbonyl (C=O) groups is 1. The maximum atomic E-state index is 11.7. The number of nitrogens with one attached hydrogen (secondary N) is 1. The van der Waals surface area contributed by atoms with E-state index >= 15 is 0 Å². The van der Waals surface area contributed by atoms with Gasteiger partial charge >= 0.3 is 6.09 Å². The lowest BCUT2D eigenvalue weighted by atomic mass is 9.89. The van der Waals surface area contributed by atoms with Crippen molar-refractivity contribution >= 4 is 17.7 Å². The number of amides is 1. The number of benzene rings is 2. The zero-order valence-electron chi connectivity index (χ0n) is 14.1. The number of ether oxygens (including phenoxy) is 1. The molecule has 24 heavy (non-hydrogen) atoms. The van der Waals surface area contributed by atoms with Crippen molar-refractivity contribution in [3.8, 4) is 5.75 Å². The SMILES string of the molecule is CCCCNC(=O)Oc1ccc([C](CC)c2cccc(Cl)c2)cc1. The molecule has 0 aliphatic rings. The first-order valence-corrected chi connectivity index (χ1v) is 8.69. The number of unbranched alkanes of at least 4 members (excludes halogenated alkanes) is 1. The summed E-state index contributed by atoms with van der Waals surface area (Å²) in [5.41, 5.74) is 2.20. The highest BCUT2D eigenvalue weighted by molar-refractivity contribution is 6.30. The molecule has 0 aliphatic heterocycles. The van der Waals surface area contributed by atoms with Crippen molar-refractivity contribution in [3.63, 3.8) is 0 Å². The second-order valence-corrected chi connectivity index (χ2v) is 5.97. The standard InChI is InChI=1S/C20H23ClNO2/c1-3-5-13-22-20(23)24-18-11-9-15(10-12-18)19(4-2)16-7-6-8-17(21)14-16/h6-12,14H,3-5,13H2,1-2H3,(H,22,23). The normalized spacial score (nSPS) is 10.7. The Hall–Kier alpha value is -2.00. The summed E-state index contributed by atoms with van der Waals surface area (Å²) in [5.74, 6) is 1.74. The molecule has 2 rings (SSSR count). The van der Waals surface area contributed by atoms with Gasteiger partial charge in [0.15, 0.2) is 0 Å². The molecule has 2 aromatic carbocycles. The Morgan fingerprint density at radius 3 is 2.46 bits per heavy atom. The predicted octanol–water partition coefficient (Wildman–Crippen LogP) is 5.61. The lowest BCUT2D eigenvalue weighted by Crippen LogP contribution is -2.27. The van der Waals surface area contributed by atoms with Gasteiger partial charge in [-0.1, -0.05) is 56.1 Å². The Morgan fingerprint density at radius 2 is 1.83 bits per heavy atom. The highest BCUT2D eigenvalue weighted by Gasteiger charge is 2.14. The fourth-order valence-electron chi connectivity index (χ4n) is 2.49. The molecular weight excluding hydrogens is 322 g/mol. The molecule has 0 heterocycles. The average molecular weight is 345 g/mol. The fraction of sp³-hybridized carbons (Fsp3) is 0.300. The summed E-state index contributed by atoms with van der Waals surface area (Å²) in [6.45, 7) is 4.82. The van der Waals surface area contributed by atoms with Crippen LogP contribution in [0, 0.1) is 5.92 Å².